The number of rotatable bonds is 11. The lowest BCUT2D eigenvalue weighted by Crippen LogP contribution is -2.45. The molecule has 1 heterocycles. The van der Waals surface area contributed by atoms with Gasteiger partial charge in [0, 0.05) is 50.9 Å². The van der Waals surface area contributed by atoms with Gasteiger partial charge in [-0.3, -0.25) is 14.8 Å². The fraction of sp³-hybridized carbons (Fsp3) is 0.696. The van der Waals surface area contributed by atoms with Gasteiger partial charge in [0.05, 0.1) is 20.8 Å². The molecule has 1 aliphatic carbocycles. The second-order valence-corrected chi connectivity index (χ2v) is 8.21. The van der Waals surface area contributed by atoms with Gasteiger partial charge in [-0.1, -0.05) is 6.92 Å². The minimum atomic E-state index is 0.418. The van der Waals surface area contributed by atoms with Crippen molar-refractivity contribution in [3.05, 3.63) is 23.8 Å². The number of hydrogen-bond acceptors (Lipinski definition) is 5. The van der Waals surface area contributed by atoms with E-state index in [2.05, 4.69) is 46.4 Å². The summed E-state index contributed by atoms with van der Waals surface area (Å²) in [6, 6.07) is 7.32. The van der Waals surface area contributed by atoms with E-state index in [0.717, 1.165) is 75.7 Å². The lowest BCUT2D eigenvalue weighted by Gasteiger charge is -2.21. The molecule has 0 radical (unpaired) electrons. The SMILES string of the molecule is CCNC(=NCCN(CC)C1CC1)NC1CCN(Cc2cc(OC)cc(OC)c2)C1. The Bertz CT molecular complexity index is 670. The first-order chi connectivity index (χ1) is 14.6. The molecule has 30 heavy (non-hydrogen) atoms. The van der Waals surface area contributed by atoms with Crippen molar-refractivity contribution >= 4 is 5.96 Å². The number of nitrogens with one attached hydrogen (secondary N) is 2. The number of ether oxygens (including phenoxy) is 2. The van der Waals surface area contributed by atoms with Gasteiger partial charge in [0.25, 0.3) is 0 Å². The third-order valence-electron chi connectivity index (χ3n) is 5.90. The maximum absolute atomic E-state index is 5.41. The van der Waals surface area contributed by atoms with Crippen LogP contribution in [0.15, 0.2) is 23.2 Å². The first-order valence-electron chi connectivity index (χ1n) is 11.4. The molecule has 0 spiro atoms. The maximum Gasteiger partial charge on any atom is 0.191 e. The average molecular weight is 418 g/mol. The Morgan fingerprint density at radius 2 is 1.87 bits per heavy atom. The molecule has 1 aromatic rings. The van der Waals surface area contributed by atoms with Crippen LogP contribution in [0.1, 0.15) is 38.7 Å². The van der Waals surface area contributed by atoms with Gasteiger partial charge in [-0.25, -0.2) is 0 Å². The fourth-order valence-electron chi connectivity index (χ4n) is 4.15. The second kappa shape index (κ2) is 11.4. The van der Waals surface area contributed by atoms with Gasteiger partial charge in [0.15, 0.2) is 5.96 Å². The van der Waals surface area contributed by atoms with E-state index in [1.807, 2.05) is 6.07 Å². The Balaban J connectivity index is 1.50. The molecule has 0 bridgehead atoms. The smallest absolute Gasteiger partial charge is 0.191 e. The molecule has 3 rings (SSSR count). The third-order valence-corrected chi connectivity index (χ3v) is 5.90. The number of hydrogen-bond donors (Lipinski definition) is 2. The Morgan fingerprint density at radius 3 is 2.47 bits per heavy atom. The normalized spacial score (nSPS) is 19.9. The molecule has 1 saturated carbocycles. The summed E-state index contributed by atoms with van der Waals surface area (Å²) in [7, 11) is 3.39. The minimum absolute atomic E-state index is 0.418. The van der Waals surface area contributed by atoms with Crippen LogP contribution in [0.4, 0.5) is 0 Å². The summed E-state index contributed by atoms with van der Waals surface area (Å²) < 4.78 is 10.8. The molecule has 0 amide bonds. The van der Waals surface area contributed by atoms with Gasteiger partial charge in [0.2, 0.25) is 0 Å². The van der Waals surface area contributed by atoms with E-state index < -0.39 is 0 Å². The summed E-state index contributed by atoms with van der Waals surface area (Å²) in [6.45, 7) is 11.2. The van der Waals surface area contributed by atoms with Crippen LogP contribution in [0.2, 0.25) is 0 Å². The molecule has 2 N–H and O–H groups in total. The third kappa shape index (κ3) is 6.77. The van der Waals surface area contributed by atoms with Crippen molar-refractivity contribution in [1.82, 2.24) is 20.4 Å². The van der Waals surface area contributed by atoms with E-state index in [1.165, 1.54) is 18.4 Å². The highest BCUT2D eigenvalue weighted by Crippen LogP contribution is 2.26. The van der Waals surface area contributed by atoms with Crippen LogP contribution >= 0.6 is 0 Å². The highest BCUT2D eigenvalue weighted by atomic mass is 16.5. The highest BCUT2D eigenvalue weighted by molar-refractivity contribution is 5.80. The van der Waals surface area contributed by atoms with E-state index in [9.17, 15) is 0 Å². The van der Waals surface area contributed by atoms with E-state index >= 15 is 0 Å². The highest BCUT2D eigenvalue weighted by Gasteiger charge is 2.27. The number of likely N-dealkylation sites (tertiary alicyclic amines) is 1. The van der Waals surface area contributed by atoms with Crippen LogP contribution in [0.5, 0.6) is 11.5 Å². The van der Waals surface area contributed by atoms with Crippen LogP contribution in [-0.2, 0) is 6.54 Å². The number of aliphatic imine (C=N–C) groups is 1. The molecule has 1 aromatic carbocycles. The summed E-state index contributed by atoms with van der Waals surface area (Å²) in [5.74, 6) is 2.62. The zero-order chi connectivity index (χ0) is 21.3. The number of guanidine groups is 1. The molecule has 1 saturated heterocycles. The molecule has 2 fully saturated rings. The summed E-state index contributed by atoms with van der Waals surface area (Å²) in [4.78, 5) is 9.85. The lowest BCUT2D eigenvalue weighted by molar-refractivity contribution is 0.286. The van der Waals surface area contributed by atoms with E-state index in [0.29, 0.717) is 6.04 Å². The van der Waals surface area contributed by atoms with Crippen molar-refractivity contribution in [3.63, 3.8) is 0 Å². The molecule has 7 heteroatoms. The zero-order valence-corrected chi connectivity index (χ0v) is 19.1. The van der Waals surface area contributed by atoms with Crippen molar-refractivity contribution < 1.29 is 9.47 Å². The summed E-state index contributed by atoms with van der Waals surface area (Å²) >= 11 is 0. The predicted molar refractivity (Wildman–Crippen MR) is 123 cm³/mol. The largest absolute Gasteiger partial charge is 0.497 e. The van der Waals surface area contributed by atoms with Crippen LogP contribution in [0, 0.1) is 0 Å². The van der Waals surface area contributed by atoms with Gasteiger partial charge in [-0.15, -0.1) is 0 Å². The molecule has 0 aromatic heterocycles. The molecular formula is C23H39N5O2. The van der Waals surface area contributed by atoms with E-state index in [4.69, 9.17) is 14.5 Å². The quantitative estimate of drug-likeness (QED) is 0.426. The summed E-state index contributed by atoms with van der Waals surface area (Å²) in [6.07, 6.45) is 3.83. The van der Waals surface area contributed by atoms with Gasteiger partial charge >= 0.3 is 0 Å². The maximum atomic E-state index is 5.41. The summed E-state index contributed by atoms with van der Waals surface area (Å²) in [5.41, 5.74) is 1.21. The van der Waals surface area contributed by atoms with Crippen LogP contribution in [0.25, 0.3) is 0 Å². The Morgan fingerprint density at radius 1 is 1.13 bits per heavy atom. The molecule has 1 atom stereocenters. The first-order valence-corrected chi connectivity index (χ1v) is 11.4. The van der Waals surface area contributed by atoms with Crippen molar-refractivity contribution in [3.8, 4) is 11.5 Å². The number of nitrogens with zero attached hydrogens (tertiary/aromatic N) is 3. The molecular weight excluding hydrogens is 378 g/mol. The van der Waals surface area contributed by atoms with Gasteiger partial charge in [0.1, 0.15) is 11.5 Å². The first kappa shape index (κ1) is 22.7. The van der Waals surface area contributed by atoms with Crippen LogP contribution in [0.3, 0.4) is 0 Å². The van der Waals surface area contributed by atoms with Gasteiger partial charge in [-0.2, -0.15) is 0 Å². The predicted octanol–water partition coefficient (Wildman–Crippen LogP) is 2.32. The minimum Gasteiger partial charge on any atom is -0.497 e. The van der Waals surface area contributed by atoms with Crippen molar-refractivity contribution in [2.24, 2.45) is 4.99 Å². The molecule has 168 valence electrons. The van der Waals surface area contributed by atoms with Crippen molar-refractivity contribution in [1.29, 1.82) is 0 Å². The lowest BCUT2D eigenvalue weighted by atomic mass is 10.2. The van der Waals surface area contributed by atoms with E-state index in [1.54, 1.807) is 14.2 Å². The Hall–Kier alpha value is -1.99. The number of methoxy groups -OCH3 is 2. The van der Waals surface area contributed by atoms with Crippen LogP contribution < -0.4 is 20.1 Å². The standard InChI is InChI=1S/C23H39N5O2/c1-5-24-23(25-10-12-28(6-2)20-7-8-20)26-19-9-11-27(17-19)16-18-13-21(29-3)15-22(14-18)30-4/h13-15,19-20H,5-12,16-17H2,1-4H3,(H2,24,25,26). The van der Waals surface area contributed by atoms with Crippen LogP contribution in [-0.4, -0.2) is 81.3 Å². The Labute approximate surface area is 181 Å². The van der Waals surface area contributed by atoms with Gasteiger partial charge < -0.3 is 20.1 Å². The summed E-state index contributed by atoms with van der Waals surface area (Å²) in [5, 5.41) is 7.05. The Kier molecular flexibility index (Phi) is 8.63. The van der Waals surface area contributed by atoms with Gasteiger partial charge in [-0.05, 0) is 50.4 Å². The van der Waals surface area contributed by atoms with Crippen molar-refractivity contribution in [2.75, 3.05) is 53.5 Å². The van der Waals surface area contributed by atoms with E-state index in [-0.39, 0.29) is 0 Å². The number of likely N-dealkylation sites (N-methyl/N-ethyl adjacent to an activating group) is 1. The molecule has 7 nitrogen and oxygen atoms in total. The molecule has 1 unspecified atom stereocenters. The molecule has 1 aliphatic heterocycles. The topological polar surface area (TPSA) is 61.4 Å². The number of benzene rings is 1. The second-order valence-electron chi connectivity index (χ2n) is 8.21. The average Bonchev–Trinajstić information content (AvgIpc) is 3.51. The monoisotopic (exact) mass is 417 g/mol. The molecule has 2 aliphatic rings. The zero-order valence-electron chi connectivity index (χ0n) is 19.1. The fourth-order valence-corrected chi connectivity index (χ4v) is 4.15. The van der Waals surface area contributed by atoms with Crippen molar-refractivity contribution in [2.45, 2.75) is 51.7 Å².